The summed E-state index contributed by atoms with van der Waals surface area (Å²) in [5.41, 5.74) is 8.35. The lowest BCUT2D eigenvalue weighted by molar-refractivity contribution is 1.30. The average molecular weight is 241 g/mol. The average Bonchev–Trinajstić information content (AvgIpc) is 2.35. The summed E-state index contributed by atoms with van der Waals surface area (Å²) in [4.78, 5) is 2.38. The van der Waals surface area contributed by atoms with Gasteiger partial charge in [-0.3, -0.25) is 5.41 Å². The number of nitrogens with two attached hydrogens (primary N) is 1. The Morgan fingerprint density at radius 3 is 2.65 bits per heavy atom. The summed E-state index contributed by atoms with van der Waals surface area (Å²) in [6.07, 6.45) is 0. The number of anilines is 2. The standard InChI is InChI=1S/C13H11N3S/c14-13(15)8-5-6-12-10(7-8)16-9-3-1-2-4-11(9)17-12/h1-7,16H,(H3,14,15). The topological polar surface area (TPSA) is 61.9 Å². The van der Waals surface area contributed by atoms with Gasteiger partial charge in [-0.15, -0.1) is 0 Å². The predicted molar refractivity (Wildman–Crippen MR) is 71.3 cm³/mol. The molecule has 4 heteroatoms. The third-order valence-corrected chi connectivity index (χ3v) is 3.82. The minimum Gasteiger partial charge on any atom is -0.384 e. The van der Waals surface area contributed by atoms with E-state index in [1.54, 1.807) is 11.8 Å². The molecule has 2 aromatic carbocycles. The molecule has 0 atom stereocenters. The minimum absolute atomic E-state index is 0.0958. The lowest BCUT2D eigenvalue weighted by atomic mass is 10.1. The van der Waals surface area contributed by atoms with Crippen molar-refractivity contribution in [3.8, 4) is 0 Å². The zero-order valence-corrected chi connectivity index (χ0v) is 9.84. The van der Waals surface area contributed by atoms with Crippen LogP contribution in [0.4, 0.5) is 11.4 Å². The maximum Gasteiger partial charge on any atom is 0.122 e. The number of nitrogen functional groups attached to an aromatic ring is 1. The van der Waals surface area contributed by atoms with E-state index < -0.39 is 0 Å². The fourth-order valence-electron chi connectivity index (χ4n) is 1.81. The van der Waals surface area contributed by atoms with Crippen LogP contribution in [0.3, 0.4) is 0 Å². The van der Waals surface area contributed by atoms with Gasteiger partial charge in [0.05, 0.1) is 11.4 Å². The molecule has 0 fully saturated rings. The van der Waals surface area contributed by atoms with Crippen molar-refractivity contribution in [2.45, 2.75) is 9.79 Å². The van der Waals surface area contributed by atoms with Gasteiger partial charge >= 0.3 is 0 Å². The van der Waals surface area contributed by atoms with E-state index in [1.165, 1.54) is 4.90 Å². The number of nitrogens with one attached hydrogen (secondary N) is 2. The molecule has 0 aromatic heterocycles. The molecule has 17 heavy (non-hydrogen) atoms. The van der Waals surface area contributed by atoms with Gasteiger partial charge in [-0.05, 0) is 24.3 Å². The molecule has 1 heterocycles. The van der Waals surface area contributed by atoms with E-state index in [-0.39, 0.29) is 5.84 Å². The Labute approximate surface area is 104 Å². The fraction of sp³-hybridized carbons (Fsp3) is 0. The number of amidine groups is 1. The third-order valence-electron chi connectivity index (χ3n) is 2.67. The smallest absolute Gasteiger partial charge is 0.122 e. The molecule has 0 bridgehead atoms. The van der Waals surface area contributed by atoms with Crippen LogP contribution in [0.5, 0.6) is 0 Å². The SMILES string of the molecule is N=C(N)c1ccc2c(c1)Nc1ccccc1S2. The Kier molecular flexibility index (Phi) is 2.30. The largest absolute Gasteiger partial charge is 0.384 e. The lowest BCUT2D eigenvalue weighted by Crippen LogP contribution is -2.11. The van der Waals surface area contributed by atoms with Crippen LogP contribution in [0.2, 0.25) is 0 Å². The van der Waals surface area contributed by atoms with E-state index in [9.17, 15) is 0 Å². The second-order valence-electron chi connectivity index (χ2n) is 3.85. The van der Waals surface area contributed by atoms with Gasteiger partial charge < -0.3 is 11.1 Å². The summed E-state index contributed by atoms with van der Waals surface area (Å²) >= 11 is 1.73. The van der Waals surface area contributed by atoms with Crippen LogP contribution < -0.4 is 11.1 Å². The molecule has 0 unspecified atom stereocenters. The molecule has 84 valence electrons. The summed E-state index contributed by atoms with van der Waals surface area (Å²) < 4.78 is 0. The van der Waals surface area contributed by atoms with Gasteiger partial charge in [-0.1, -0.05) is 30.0 Å². The number of fused-ring (bicyclic) bond motifs is 2. The third kappa shape index (κ3) is 1.76. The molecule has 2 aromatic rings. The summed E-state index contributed by atoms with van der Waals surface area (Å²) in [6.45, 7) is 0. The molecule has 0 amide bonds. The predicted octanol–water partition coefficient (Wildman–Crippen LogP) is 3.18. The first-order valence-electron chi connectivity index (χ1n) is 5.26. The molecule has 1 aliphatic rings. The Bertz CT molecular complexity index is 607. The van der Waals surface area contributed by atoms with Crippen LogP contribution in [0.1, 0.15) is 5.56 Å². The second-order valence-corrected chi connectivity index (χ2v) is 4.93. The van der Waals surface area contributed by atoms with Crippen molar-refractivity contribution in [3.63, 3.8) is 0 Å². The highest BCUT2D eigenvalue weighted by Crippen LogP contribution is 2.43. The number of rotatable bonds is 1. The van der Waals surface area contributed by atoms with Crippen LogP contribution in [-0.4, -0.2) is 5.84 Å². The first kappa shape index (κ1) is 10.2. The Morgan fingerprint density at radius 1 is 1.06 bits per heavy atom. The van der Waals surface area contributed by atoms with Crippen molar-refractivity contribution < 1.29 is 0 Å². The van der Waals surface area contributed by atoms with Gasteiger partial charge in [-0.2, -0.15) is 0 Å². The molecule has 3 rings (SSSR count). The van der Waals surface area contributed by atoms with Crippen LogP contribution >= 0.6 is 11.8 Å². The maximum absolute atomic E-state index is 7.44. The zero-order valence-electron chi connectivity index (χ0n) is 9.03. The number of hydrogen-bond acceptors (Lipinski definition) is 3. The van der Waals surface area contributed by atoms with Gasteiger partial charge in [0.2, 0.25) is 0 Å². The molecule has 1 aliphatic heterocycles. The van der Waals surface area contributed by atoms with Crippen molar-refractivity contribution in [2.24, 2.45) is 5.73 Å². The van der Waals surface area contributed by atoms with Gasteiger partial charge in [-0.25, -0.2) is 0 Å². The van der Waals surface area contributed by atoms with E-state index in [0.29, 0.717) is 0 Å². The highest BCUT2D eigenvalue weighted by Gasteiger charge is 2.15. The summed E-state index contributed by atoms with van der Waals surface area (Å²) in [5, 5.41) is 10.8. The molecular weight excluding hydrogens is 230 g/mol. The minimum atomic E-state index is 0.0958. The highest BCUT2D eigenvalue weighted by molar-refractivity contribution is 7.99. The Hall–Kier alpha value is -1.94. The Morgan fingerprint density at radius 2 is 1.82 bits per heavy atom. The molecular formula is C13H11N3S. The first-order valence-corrected chi connectivity index (χ1v) is 6.08. The van der Waals surface area contributed by atoms with Crippen LogP contribution in [-0.2, 0) is 0 Å². The number of hydrogen-bond donors (Lipinski definition) is 3. The molecule has 0 saturated carbocycles. The molecule has 0 spiro atoms. The van der Waals surface area contributed by atoms with Crippen LogP contribution in [0.15, 0.2) is 52.3 Å². The first-order chi connectivity index (χ1) is 8.24. The number of benzene rings is 2. The van der Waals surface area contributed by atoms with Crippen LogP contribution in [0.25, 0.3) is 0 Å². The highest BCUT2D eigenvalue weighted by atomic mass is 32.2. The van der Waals surface area contributed by atoms with Crippen molar-refractivity contribution in [1.29, 1.82) is 5.41 Å². The molecule has 4 N–H and O–H groups in total. The Balaban J connectivity index is 2.06. The van der Waals surface area contributed by atoms with E-state index in [4.69, 9.17) is 11.1 Å². The number of para-hydroxylation sites is 1. The van der Waals surface area contributed by atoms with E-state index in [2.05, 4.69) is 11.4 Å². The zero-order chi connectivity index (χ0) is 11.8. The van der Waals surface area contributed by atoms with E-state index >= 15 is 0 Å². The molecule has 0 saturated heterocycles. The normalized spacial score (nSPS) is 12.2. The van der Waals surface area contributed by atoms with E-state index in [1.807, 2.05) is 36.4 Å². The molecule has 0 radical (unpaired) electrons. The molecule has 3 nitrogen and oxygen atoms in total. The summed E-state index contributed by atoms with van der Waals surface area (Å²) in [5.74, 6) is 0.0958. The second kappa shape index (κ2) is 3.82. The van der Waals surface area contributed by atoms with Gasteiger partial charge in [0, 0.05) is 15.4 Å². The molecule has 0 aliphatic carbocycles. The van der Waals surface area contributed by atoms with Crippen molar-refractivity contribution in [1.82, 2.24) is 0 Å². The van der Waals surface area contributed by atoms with Gasteiger partial charge in [0.1, 0.15) is 5.84 Å². The van der Waals surface area contributed by atoms with Crippen molar-refractivity contribution in [3.05, 3.63) is 48.0 Å². The maximum atomic E-state index is 7.44. The van der Waals surface area contributed by atoms with Crippen molar-refractivity contribution >= 4 is 29.0 Å². The fourth-order valence-corrected chi connectivity index (χ4v) is 2.78. The monoisotopic (exact) mass is 241 g/mol. The summed E-state index contributed by atoms with van der Waals surface area (Å²) in [7, 11) is 0. The van der Waals surface area contributed by atoms with Crippen LogP contribution in [0, 0.1) is 5.41 Å². The van der Waals surface area contributed by atoms with Gasteiger partial charge in [0.25, 0.3) is 0 Å². The van der Waals surface area contributed by atoms with Gasteiger partial charge in [0.15, 0.2) is 0 Å². The summed E-state index contributed by atoms with van der Waals surface area (Å²) in [6, 6.07) is 14.0. The van der Waals surface area contributed by atoms with Crippen molar-refractivity contribution in [2.75, 3.05) is 5.32 Å². The lowest BCUT2D eigenvalue weighted by Gasteiger charge is -2.21. The van der Waals surface area contributed by atoms with E-state index in [0.717, 1.165) is 21.8 Å². The quantitative estimate of drug-likeness (QED) is 0.453.